The number of nitrogens with one attached hydrogen (secondary N) is 1. The molecule has 0 bridgehead atoms. The zero-order valence-electron chi connectivity index (χ0n) is 11.6. The summed E-state index contributed by atoms with van der Waals surface area (Å²) in [5, 5.41) is 3.59. The van der Waals surface area contributed by atoms with Gasteiger partial charge in [-0.1, -0.05) is 37.3 Å². The van der Waals surface area contributed by atoms with E-state index in [4.69, 9.17) is 4.74 Å². The van der Waals surface area contributed by atoms with Crippen molar-refractivity contribution in [3.05, 3.63) is 35.9 Å². The molecule has 100 valence electrons. The van der Waals surface area contributed by atoms with Crippen LogP contribution in [0.5, 0.6) is 0 Å². The standard InChI is InChI=1S/C16H25NO/c1-3-10-17-13-16(9-11-18-14(16)2)12-15-7-5-4-6-8-15/h4-8,14,17H,3,9-13H2,1-2H3. The first-order valence-corrected chi connectivity index (χ1v) is 7.13. The smallest absolute Gasteiger partial charge is 0.0619 e. The van der Waals surface area contributed by atoms with E-state index in [9.17, 15) is 0 Å². The first-order valence-electron chi connectivity index (χ1n) is 7.13. The average molecular weight is 247 g/mol. The largest absolute Gasteiger partial charge is 0.378 e. The van der Waals surface area contributed by atoms with Gasteiger partial charge < -0.3 is 10.1 Å². The van der Waals surface area contributed by atoms with Gasteiger partial charge in [0.1, 0.15) is 0 Å². The van der Waals surface area contributed by atoms with Gasteiger partial charge in [-0.3, -0.25) is 0 Å². The van der Waals surface area contributed by atoms with Crippen LogP contribution in [0.15, 0.2) is 30.3 Å². The summed E-state index contributed by atoms with van der Waals surface area (Å²) in [6, 6.07) is 10.8. The summed E-state index contributed by atoms with van der Waals surface area (Å²) in [5.41, 5.74) is 1.70. The highest BCUT2D eigenvalue weighted by Gasteiger charge is 2.40. The molecule has 0 radical (unpaired) electrons. The van der Waals surface area contributed by atoms with Crippen LogP contribution in [-0.4, -0.2) is 25.8 Å². The molecule has 0 spiro atoms. The fourth-order valence-electron chi connectivity index (χ4n) is 2.86. The molecule has 0 saturated carbocycles. The third-order valence-electron chi connectivity index (χ3n) is 4.13. The quantitative estimate of drug-likeness (QED) is 0.780. The third kappa shape index (κ3) is 3.12. The summed E-state index contributed by atoms with van der Waals surface area (Å²) in [6.07, 6.45) is 3.82. The van der Waals surface area contributed by atoms with Crippen molar-refractivity contribution in [3.63, 3.8) is 0 Å². The lowest BCUT2D eigenvalue weighted by molar-refractivity contribution is 0.0631. The highest BCUT2D eigenvalue weighted by atomic mass is 16.5. The zero-order valence-corrected chi connectivity index (χ0v) is 11.6. The van der Waals surface area contributed by atoms with Crippen molar-refractivity contribution < 1.29 is 4.74 Å². The molecule has 1 saturated heterocycles. The lowest BCUT2D eigenvalue weighted by Gasteiger charge is -2.33. The molecular formula is C16H25NO. The monoisotopic (exact) mass is 247 g/mol. The normalized spacial score (nSPS) is 27.6. The Bertz CT molecular complexity index is 351. The second-order valence-corrected chi connectivity index (χ2v) is 5.46. The maximum absolute atomic E-state index is 5.83. The highest BCUT2D eigenvalue weighted by Crippen LogP contribution is 2.37. The van der Waals surface area contributed by atoms with Gasteiger partial charge in [-0.2, -0.15) is 0 Å². The van der Waals surface area contributed by atoms with E-state index < -0.39 is 0 Å². The molecule has 1 fully saturated rings. The number of hydrogen-bond acceptors (Lipinski definition) is 2. The van der Waals surface area contributed by atoms with Crippen molar-refractivity contribution in [1.29, 1.82) is 0 Å². The van der Waals surface area contributed by atoms with Gasteiger partial charge in [0.2, 0.25) is 0 Å². The van der Waals surface area contributed by atoms with Crippen LogP contribution in [0, 0.1) is 5.41 Å². The SMILES string of the molecule is CCCNCC1(Cc2ccccc2)CCOC1C. The Morgan fingerprint density at radius 3 is 2.72 bits per heavy atom. The summed E-state index contributed by atoms with van der Waals surface area (Å²) in [7, 11) is 0. The number of hydrogen-bond donors (Lipinski definition) is 1. The van der Waals surface area contributed by atoms with Crippen LogP contribution >= 0.6 is 0 Å². The molecule has 2 unspecified atom stereocenters. The van der Waals surface area contributed by atoms with Gasteiger partial charge in [0.05, 0.1) is 6.10 Å². The Morgan fingerprint density at radius 2 is 2.11 bits per heavy atom. The molecule has 1 aromatic carbocycles. The zero-order chi connectivity index (χ0) is 12.8. The van der Waals surface area contributed by atoms with Crippen LogP contribution in [0.3, 0.4) is 0 Å². The summed E-state index contributed by atoms with van der Waals surface area (Å²) in [4.78, 5) is 0. The molecule has 1 aliphatic rings. The van der Waals surface area contributed by atoms with Gasteiger partial charge in [0, 0.05) is 18.6 Å². The fourth-order valence-corrected chi connectivity index (χ4v) is 2.86. The molecule has 2 rings (SSSR count). The molecule has 1 aromatic rings. The number of ether oxygens (including phenoxy) is 1. The minimum atomic E-state index is 0.274. The van der Waals surface area contributed by atoms with Gasteiger partial charge in [-0.15, -0.1) is 0 Å². The van der Waals surface area contributed by atoms with E-state index >= 15 is 0 Å². The van der Waals surface area contributed by atoms with Gasteiger partial charge in [0.25, 0.3) is 0 Å². The lowest BCUT2D eigenvalue weighted by Crippen LogP contribution is -2.41. The van der Waals surface area contributed by atoms with Crippen LogP contribution in [0.1, 0.15) is 32.3 Å². The van der Waals surface area contributed by atoms with Crippen molar-refractivity contribution in [2.75, 3.05) is 19.7 Å². The minimum absolute atomic E-state index is 0.274. The Morgan fingerprint density at radius 1 is 1.33 bits per heavy atom. The maximum Gasteiger partial charge on any atom is 0.0619 e. The van der Waals surface area contributed by atoms with E-state index in [2.05, 4.69) is 49.5 Å². The van der Waals surface area contributed by atoms with Crippen molar-refractivity contribution >= 4 is 0 Å². The van der Waals surface area contributed by atoms with Crippen molar-refractivity contribution in [2.24, 2.45) is 5.41 Å². The van der Waals surface area contributed by atoms with Crippen LogP contribution in [0.25, 0.3) is 0 Å². The number of benzene rings is 1. The lowest BCUT2D eigenvalue weighted by atomic mass is 9.76. The predicted octanol–water partition coefficient (Wildman–Crippen LogP) is 3.02. The van der Waals surface area contributed by atoms with Crippen molar-refractivity contribution in [3.8, 4) is 0 Å². The van der Waals surface area contributed by atoms with E-state index in [1.807, 2.05) is 0 Å². The Hall–Kier alpha value is -0.860. The molecule has 2 heteroatoms. The average Bonchev–Trinajstić information content (AvgIpc) is 2.73. The molecule has 1 heterocycles. The first kappa shape index (κ1) is 13.6. The molecule has 18 heavy (non-hydrogen) atoms. The van der Waals surface area contributed by atoms with Crippen LogP contribution < -0.4 is 5.32 Å². The van der Waals surface area contributed by atoms with Crippen molar-refractivity contribution in [1.82, 2.24) is 5.32 Å². The second kappa shape index (κ2) is 6.35. The van der Waals surface area contributed by atoms with Crippen LogP contribution in [0.2, 0.25) is 0 Å². The second-order valence-electron chi connectivity index (χ2n) is 5.46. The molecule has 1 N–H and O–H groups in total. The molecule has 1 aliphatic heterocycles. The molecular weight excluding hydrogens is 222 g/mol. The Labute approximate surface area is 111 Å². The third-order valence-corrected chi connectivity index (χ3v) is 4.13. The predicted molar refractivity (Wildman–Crippen MR) is 75.8 cm³/mol. The van der Waals surface area contributed by atoms with Gasteiger partial charge in [-0.25, -0.2) is 0 Å². The summed E-state index contributed by atoms with van der Waals surface area (Å²) < 4.78 is 5.83. The van der Waals surface area contributed by atoms with E-state index in [0.717, 1.165) is 26.1 Å². The highest BCUT2D eigenvalue weighted by molar-refractivity contribution is 5.18. The Kier molecular flexibility index (Phi) is 4.79. The minimum Gasteiger partial charge on any atom is -0.378 e. The summed E-state index contributed by atoms with van der Waals surface area (Å²) in [6.45, 7) is 7.51. The molecule has 0 aromatic heterocycles. The topological polar surface area (TPSA) is 21.3 Å². The summed E-state index contributed by atoms with van der Waals surface area (Å²) in [5.74, 6) is 0. The summed E-state index contributed by atoms with van der Waals surface area (Å²) >= 11 is 0. The van der Waals surface area contributed by atoms with Crippen molar-refractivity contribution in [2.45, 2.75) is 39.2 Å². The molecule has 0 aliphatic carbocycles. The van der Waals surface area contributed by atoms with Gasteiger partial charge >= 0.3 is 0 Å². The van der Waals surface area contributed by atoms with Gasteiger partial charge in [0.15, 0.2) is 0 Å². The number of rotatable bonds is 6. The Balaban J connectivity index is 2.05. The van der Waals surface area contributed by atoms with E-state index in [1.165, 1.54) is 18.4 Å². The van der Waals surface area contributed by atoms with Gasteiger partial charge in [-0.05, 0) is 38.3 Å². The van der Waals surface area contributed by atoms with E-state index in [1.54, 1.807) is 0 Å². The van der Waals surface area contributed by atoms with E-state index in [0.29, 0.717) is 6.10 Å². The maximum atomic E-state index is 5.83. The first-order chi connectivity index (χ1) is 8.77. The van der Waals surface area contributed by atoms with Crippen LogP contribution in [0.4, 0.5) is 0 Å². The molecule has 2 nitrogen and oxygen atoms in total. The molecule has 2 atom stereocenters. The van der Waals surface area contributed by atoms with Crippen LogP contribution in [-0.2, 0) is 11.2 Å². The fraction of sp³-hybridized carbons (Fsp3) is 0.625. The molecule has 0 amide bonds. The van der Waals surface area contributed by atoms with E-state index in [-0.39, 0.29) is 5.41 Å².